The molecule has 0 aliphatic rings. The highest BCUT2D eigenvalue weighted by molar-refractivity contribution is 5.69. The number of hydrogen-bond acceptors (Lipinski definition) is 5. The van der Waals surface area contributed by atoms with E-state index in [9.17, 15) is 10.1 Å². The molecule has 0 unspecified atom stereocenters. The zero-order valence-electron chi connectivity index (χ0n) is 11.7. The molecule has 0 fully saturated rings. The third-order valence-corrected chi connectivity index (χ3v) is 3.33. The van der Waals surface area contributed by atoms with Gasteiger partial charge in [-0.2, -0.15) is 5.26 Å². The summed E-state index contributed by atoms with van der Waals surface area (Å²) < 4.78 is 4.67. The Kier molecular flexibility index (Phi) is 4.62. The molecule has 106 valence electrons. The van der Waals surface area contributed by atoms with E-state index in [-0.39, 0.29) is 18.8 Å². The van der Waals surface area contributed by atoms with Gasteiger partial charge in [0.15, 0.2) is 0 Å². The molecule has 5 nitrogen and oxygen atoms in total. The molecule has 2 aromatic rings. The zero-order chi connectivity index (χ0) is 15.1. The fraction of sp³-hybridized carbons (Fsp3) is 0.250. The van der Waals surface area contributed by atoms with Crippen LogP contribution in [0.2, 0.25) is 0 Å². The third kappa shape index (κ3) is 3.06. The van der Waals surface area contributed by atoms with Crippen molar-refractivity contribution in [3.8, 4) is 6.07 Å². The summed E-state index contributed by atoms with van der Waals surface area (Å²) in [7, 11) is 1.33. The number of ether oxygens (including phenoxy) is 1. The number of carbonyl (C=O) groups is 1. The summed E-state index contributed by atoms with van der Waals surface area (Å²) in [4.78, 5) is 20.0. The van der Waals surface area contributed by atoms with E-state index in [4.69, 9.17) is 0 Å². The van der Waals surface area contributed by atoms with Gasteiger partial charge in [-0.1, -0.05) is 12.1 Å². The summed E-state index contributed by atoms with van der Waals surface area (Å²) in [5.41, 5.74) is 0.0988. The minimum Gasteiger partial charge on any atom is -0.469 e. The molecule has 0 spiro atoms. The number of methoxy groups -OCH3 is 1. The lowest BCUT2D eigenvalue weighted by Crippen LogP contribution is -2.29. The standard InChI is InChI=1S/C16H15N3O2/c1-21-15(20)8-9-16(12-17,13-6-2-4-10-18-13)14-7-3-5-11-19-14/h2-7,10-11H,8-9H2,1H3. The molecule has 21 heavy (non-hydrogen) atoms. The maximum absolute atomic E-state index is 11.5. The van der Waals surface area contributed by atoms with Crippen molar-refractivity contribution in [2.75, 3.05) is 7.11 Å². The van der Waals surface area contributed by atoms with Crippen LogP contribution in [0.1, 0.15) is 24.2 Å². The lowest BCUT2D eigenvalue weighted by molar-refractivity contribution is -0.140. The molecule has 0 saturated carbocycles. The minimum atomic E-state index is -1.06. The van der Waals surface area contributed by atoms with Crippen LogP contribution in [0.5, 0.6) is 0 Å². The van der Waals surface area contributed by atoms with Crippen molar-refractivity contribution in [3.63, 3.8) is 0 Å². The van der Waals surface area contributed by atoms with Gasteiger partial charge in [-0.15, -0.1) is 0 Å². The maximum atomic E-state index is 11.5. The molecule has 0 radical (unpaired) electrons. The van der Waals surface area contributed by atoms with Gasteiger partial charge in [0.05, 0.1) is 24.6 Å². The highest BCUT2D eigenvalue weighted by Gasteiger charge is 2.37. The molecule has 0 bridgehead atoms. The van der Waals surface area contributed by atoms with Crippen molar-refractivity contribution in [3.05, 3.63) is 60.2 Å². The second kappa shape index (κ2) is 6.62. The van der Waals surface area contributed by atoms with E-state index in [1.165, 1.54) is 7.11 Å². The first-order valence-corrected chi connectivity index (χ1v) is 6.54. The summed E-state index contributed by atoms with van der Waals surface area (Å²) in [6.45, 7) is 0. The summed E-state index contributed by atoms with van der Waals surface area (Å²) in [6, 6.07) is 13.0. The Morgan fingerprint density at radius 1 is 1.19 bits per heavy atom. The Labute approximate surface area is 123 Å². The molecular weight excluding hydrogens is 266 g/mol. The normalized spacial score (nSPS) is 10.7. The van der Waals surface area contributed by atoms with Crippen LogP contribution in [0, 0.1) is 11.3 Å². The summed E-state index contributed by atoms with van der Waals surface area (Å²) in [5.74, 6) is -0.360. The average molecular weight is 281 g/mol. The van der Waals surface area contributed by atoms with E-state index in [0.29, 0.717) is 11.4 Å². The van der Waals surface area contributed by atoms with Gasteiger partial charge in [0.1, 0.15) is 5.41 Å². The van der Waals surface area contributed by atoms with E-state index in [2.05, 4.69) is 20.8 Å². The highest BCUT2D eigenvalue weighted by Crippen LogP contribution is 2.33. The molecular formula is C16H15N3O2. The molecule has 0 atom stereocenters. The summed E-state index contributed by atoms with van der Waals surface area (Å²) in [6.07, 6.45) is 3.65. The van der Waals surface area contributed by atoms with Gasteiger partial charge >= 0.3 is 5.97 Å². The van der Waals surface area contributed by atoms with Crippen LogP contribution in [0.25, 0.3) is 0 Å². The van der Waals surface area contributed by atoms with Crippen LogP contribution in [0.3, 0.4) is 0 Å². The molecule has 5 heteroatoms. The molecule has 0 N–H and O–H groups in total. The van der Waals surface area contributed by atoms with E-state index in [1.54, 1.807) is 36.7 Å². The van der Waals surface area contributed by atoms with E-state index >= 15 is 0 Å². The fourth-order valence-corrected chi connectivity index (χ4v) is 2.18. The summed E-state index contributed by atoms with van der Waals surface area (Å²) in [5, 5.41) is 9.79. The Morgan fingerprint density at radius 3 is 2.14 bits per heavy atom. The van der Waals surface area contributed by atoms with Crippen molar-refractivity contribution < 1.29 is 9.53 Å². The Balaban J connectivity index is 2.47. The van der Waals surface area contributed by atoms with Crippen LogP contribution in [0.15, 0.2) is 48.8 Å². The monoisotopic (exact) mass is 281 g/mol. The third-order valence-electron chi connectivity index (χ3n) is 3.33. The minimum absolute atomic E-state index is 0.122. The first-order valence-electron chi connectivity index (χ1n) is 6.54. The van der Waals surface area contributed by atoms with Crippen molar-refractivity contribution in [2.24, 2.45) is 0 Å². The van der Waals surface area contributed by atoms with Gasteiger partial charge in [-0.25, -0.2) is 0 Å². The molecule has 2 heterocycles. The Morgan fingerprint density at radius 2 is 1.76 bits per heavy atom. The summed E-state index contributed by atoms with van der Waals surface area (Å²) >= 11 is 0. The number of nitriles is 1. The average Bonchev–Trinajstić information content (AvgIpc) is 2.57. The second-order valence-corrected chi connectivity index (χ2v) is 4.52. The number of pyridine rings is 2. The maximum Gasteiger partial charge on any atom is 0.305 e. The molecule has 0 aliphatic heterocycles. The number of aromatic nitrogens is 2. The van der Waals surface area contributed by atoms with E-state index in [0.717, 1.165) is 0 Å². The SMILES string of the molecule is COC(=O)CCC(C#N)(c1ccccn1)c1ccccn1. The van der Waals surface area contributed by atoms with Crippen molar-refractivity contribution in [2.45, 2.75) is 18.3 Å². The lowest BCUT2D eigenvalue weighted by Gasteiger charge is -2.25. The lowest BCUT2D eigenvalue weighted by atomic mass is 9.77. The van der Waals surface area contributed by atoms with E-state index < -0.39 is 5.41 Å². The predicted molar refractivity (Wildman–Crippen MR) is 76.1 cm³/mol. The molecule has 2 aromatic heterocycles. The molecule has 0 aromatic carbocycles. The molecule has 0 amide bonds. The molecule has 0 aliphatic carbocycles. The Hall–Kier alpha value is -2.74. The van der Waals surface area contributed by atoms with Crippen molar-refractivity contribution in [1.82, 2.24) is 9.97 Å². The predicted octanol–water partition coefficient (Wildman–Crippen LogP) is 2.24. The van der Waals surface area contributed by atoms with Gasteiger partial charge in [-0.3, -0.25) is 14.8 Å². The van der Waals surface area contributed by atoms with E-state index in [1.807, 2.05) is 12.1 Å². The first-order chi connectivity index (χ1) is 10.2. The van der Waals surface area contributed by atoms with Crippen molar-refractivity contribution in [1.29, 1.82) is 5.26 Å². The van der Waals surface area contributed by atoms with Crippen LogP contribution < -0.4 is 0 Å². The number of hydrogen-bond donors (Lipinski definition) is 0. The number of carbonyl (C=O) groups excluding carboxylic acids is 1. The van der Waals surface area contributed by atoms with Gasteiger partial charge in [0.2, 0.25) is 0 Å². The van der Waals surface area contributed by atoms with Crippen molar-refractivity contribution >= 4 is 5.97 Å². The number of rotatable bonds is 5. The van der Waals surface area contributed by atoms with Crippen LogP contribution in [0.4, 0.5) is 0 Å². The fourth-order valence-electron chi connectivity index (χ4n) is 2.18. The van der Waals surface area contributed by atoms with Crippen LogP contribution in [-0.2, 0) is 14.9 Å². The smallest absolute Gasteiger partial charge is 0.305 e. The molecule has 2 rings (SSSR count). The largest absolute Gasteiger partial charge is 0.469 e. The van der Waals surface area contributed by atoms with Gasteiger partial charge in [-0.05, 0) is 30.7 Å². The molecule has 0 saturated heterocycles. The van der Waals surface area contributed by atoms with Crippen LogP contribution in [-0.4, -0.2) is 23.0 Å². The Bertz CT molecular complexity index is 596. The van der Waals surface area contributed by atoms with Gasteiger partial charge in [0.25, 0.3) is 0 Å². The number of nitrogens with zero attached hydrogens (tertiary/aromatic N) is 3. The van der Waals surface area contributed by atoms with Gasteiger partial charge in [0, 0.05) is 18.8 Å². The topological polar surface area (TPSA) is 75.9 Å². The van der Waals surface area contributed by atoms with Gasteiger partial charge < -0.3 is 4.74 Å². The second-order valence-electron chi connectivity index (χ2n) is 4.52. The number of esters is 1. The first kappa shape index (κ1) is 14.7. The van der Waals surface area contributed by atoms with Crippen LogP contribution >= 0.6 is 0 Å². The zero-order valence-corrected chi connectivity index (χ0v) is 11.7. The quantitative estimate of drug-likeness (QED) is 0.785. The highest BCUT2D eigenvalue weighted by atomic mass is 16.5.